The van der Waals surface area contributed by atoms with E-state index in [2.05, 4.69) is 23.8 Å². The lowest BCUT2D eigenvalue weighted by atomic mass is 10.1. The first-order valence-corrected chi connectivity index (χ1v) is 4.90. The van der Waals surface area contributed by atoms with Gasteiger partial charge >= 0.3 is 0 Å². The van der Waals surface area contributed by atoms with Crippen molar-refractivity contribution < 1.29 is 4.74 Å². The van der Waals surface area contributed by atoms with E-state index in [1.165, 1.54) is 6.42 Å². The molecule has 0 fully saturated rings. The van der Waals surface area contributed by atoms with Crippen molar-refractivity contribution in [3.63, 3.8) is 0 Å². The van der Waals surface area contributed by atoms with Crippen molar-refractivity contribution in [3.05, 3.63) is 12.3 Å². The highest BCUT2D eigenvalue weighted by Gasteiger charge is 1.97. The molecule has 0 unspecified atom stereocenters. The average molecular weight is 195 g/mol. The maximum atomic E-state index is 5.41. The van der Waals surface area contributed by atoms with Crippen LogP contribution in [-0.2, 0) is 0 Å². The maximum absolute atomic E-state index is 5.41. The molecule has 0 radical (unpaired) electrons. The molecule has 78 valence electrons. The highest BCUT2D eigenvalue weighted by atomic mass is 16.5. The average Bonchev–Trinajstić information content (AvgIpc) is 2.12. The summed E-state index contributed by atoms with van der Waals surface area (Å²) in [4.78, 5) is 7.72. The highest BCUT2D eigenvalue weighted by Crippen LogP contribution is 2.08. The molecule has 2 N–H and O–H groups in total. The highest BCUT2D eigenvalue weighted by molar-refractivity contribution is 5.20. The molecule has 1 aromatic rings. The molecule has 0 aliphatic heterocycles. The van der Waals surface area contributed by atoms with Gasteiger partial charge in [0.25, 0.3) is 0 Å². The van der Waals surface area contributed by atoms with Gasteiger partial charge in [-0.05, 0) is 18.8 Å². The molecule has 0 atom stereocenters. The first-order valence-electron chi connectivity index (χ1n) is 4.90. The van der Waals surface area contributed by atoms with E-state index in [0.29, 0.717) is 18.4 Å². The molecule has 0 spiro atoms. The van der Waals surface area contributed by atoms with Crippen LogP contribution in [0.3, 0.4) is 0 Å². The summed E-state index contributed by atoms with van der Waals surface area (Å²) in [6.45, 7) is 5.08. The minimum Gasteiger partial charge on any atom is -0.478 e. The third-order valence-corrected chi connectivity index (χ3v) is 1.82. The van der Waals surface area contributed by atoms with Gasteiger partial charge in [-0.15, -0.1) is 0 Å². The second-order valence-corrected chi connectivity index (χ2v) is 3.64. The molecule has 1 aromatic heterocycles. The zero-order valence-electron chi connectivity index (χ0n) is 8.73. The largest absolute Gasteiger partial charge is 0.478 e. The van der Waals surface area contributed by atoms with E-state index in [9.17, 15) is 0 Å². The van der Waals surface area contributed by atoms with E-state index in [4.69, 9.17) is 10.5 Å². The van der Waals surface area contributed by atoms with E-state index < -0.39 is 0 Å². The van der Waals surface area contributed by atoms with Gasteiger partial charge in [0.15, 0.2) is 0 Å². The van der Waals surface area contributed by atoms with Crippen LogP contribution < -0.4 is 10.5 Å². The summed E-state index contributed by atoms with van der Waals surface area (Å²) in [5, 5.41) is 0. The number of nitrogens with two attached hydrogens (primary N) is 1. The van der Waals surface area contributed by atoms with Gasteiger partial charge in [-0.2, -0.15) is 4.98 Å². The standard InChI is InChI=1S/C10H17N3O/c1-8(2)4-3-7-14-9-5-6-12-10(11)13-9/h5-6,8H,3-4,7H2,1-2H3,(H2,11,12,13). The van der Waals surface area contributed by atoms with Gasteiger partial charge < -0.3 is 10.5 Å². The van der Waals surface area contributed by atoms with E-state index in [1.807, 2.05) is 0 Å². The van der Waals surface area contributed by atoms with Gasteiger partial charge in [0.1, 0.15) is 0 Å². The van der Waals surface area contributed by atoms with Gasteiger partial charge in [-0.1, -0.05) is 13.8 Å². The molecule has 14 heavy (non-hydrogen) atoms. The zero-order chi connectivity index (χ0) is 10.4. The summed E-state index contributed by atoms with van der Waals surface area (Å²) in [5.41, 5.74) is 5.41. The molecule has 0 amide bonds. The first-order chi connectivity index (χ1) is 6.68. The van der Waals surface area contributed by atoms with Gasteiger partial charge in [0.05, 0.1) is 6.61 Å². The van der Waals surface area contributed by atoms with Crippen LogP contribution in [-0.4, -0.2) is 16.6 Å². The Balaban J connectivity index is 2.25. The SMILES string of the molecule is CC(C)CCCOc1ccnc(N)n1. The van der Waals surface area contributed by atoms with Gasteiger partial charge in [-0.3, -0.25) is 0 Å². The maximum Gasteiger partial charge on any atom is 0.223 e. The van der Waals surface area contributed by atoms with Crippen molar-refractivity contribution in [3.8, 4) is 5.88 Å². The number of hydrogen-bond donors (Lipinski definition) is 1. The van der Waals surface area contributed by atoms with Crippen LogP contribution in [0.15, 0.2) is 12.3 Å². The molecule has 4 nitrogen and oxygen atoms in total. The minimum atomic E-state index is 0.256. The fourth-order valence-electron chi connectivity index (χ4n) is 1.11. The first kappa shape index (κ1) is 10.8. The molecular weight excluding hydrogens is 178 g/mol. The summed E-state index contributed by atoms with van der Waals surface area (Å²) in [7, 11) is 0. The lowest BCUT2D eigenvalue weighted by molar-refractivity contribution is 0.287. The molecule has 1 heterocycles. The van der Waals surface area contributed by atoms with E-state index in [0.717, 1.165) is 6.42 Å². The number of hydrogen-bond acceptors (Lipinski definition) is 4. The van der Waals surface area contributed by atoms with Crippen molar-refractivity contribution in [2.75, 3.05) is 12.3 Å². The topological polar surface area (TPSA) is 61.0 Å². The van der Waals surface area contributed by atoms with E-state index in [-0.39, 0.29) is 5.95 Å². The Morgan fingerprint density at radius 1 is 1.50 bits per heavy atom. The second kappa shape index (κ2) is 5.42. The summed E-state index contributed by atoms with van der Waals surface area (Å²) < 4.78 is 5.41. The van der Waals surface area contributed by atoms with E-state index in [1.54, 1.807) is 12.3 Å². The van der Waals surface area contributed by atoms with Crippen molar-refractivity contribution >= 4 is 5.95 Å². The molecule has 0 saturated carbocycles. The van der Waals surface area contributed by atoms with Crippen LogP contribution in [0.2, 0.25) is 0 Å². The molecule has 0 aliphatic rings. The van der Waals surface area contributed by atoms with Crippen molar-refractivity contribution in [2.45, 2.75) is 26.7 Å². The molecular formula is C10H17N3O. The van der Waals surface area contributed by atoms with Crippen LogP contribution in [0.1, 0.15) is 26.7 Å². The summed E-state index contributed by atoms with van der Waals surface area (Å²) in [5.74, 6) is 1.53. The molecule has 0 aromatic carbocycles. The fourth-order valence-corrected chi connectivity index (χ4v) is 1.11. The quantitative estimate of drug-likeness (QED) is 0.729. The van der Waals surface area contributed by atoms with Crippen LogP contribution in [0.5, 0.6) is 5.88 Å². The summed E-state index contributed by atoms with van der Waals surface area (Å²) in [6, 6.07) is 1.71. The smallest absolute Gasteiger partial charge is 0.223 e. The Morgan fingerprint density at radius 3 is 2.93 bits per heavy atom. The summed E-state index contributed by atoms with van der Waals surface area (Å²) >= 11 is 0. The number of nitrogen functional groups attached to an aromatic ring is 1. The van der Waals surface area contributed by atoms with Crippen LogP contribution >= 0.6 is 0 Å². The normalized spacial score (nSPS) is 10.5. The van der Waals surface area contributed by atoms with Crippen LogP contribution in [0, 0.1) is 5.92 Å². The Kier molecular flexibility index (Phi) is 4.16. The Morgan fingerprint density at radius 2 is 2.29 bits per heavy atom. The molecule has 1 rings (SSSR count). The lowest BCUT2D eigenvalue weighted by Crippen LogP contribution is -2.02. The molecule has 4 heteroatoms. The third kappa shape index (κ3) is 4.07. The van der Waals surface area contributed by atoms with Crippen LogP contribution in [0.25, 0.3) is 0 Å². The van der Waals surface area contributed by atoms with Gasteiger partial charge in [0, 0.05) is 12.3 Å². The molecule has 0 aliphatic carbocycles. The van der Waals surface area contributed by atoms with Crippen molar-refractivity contribution in [1.82, 2.24) is 9.97 Å². The van der Waals surface area contributed by atoms with Crippen molar-refractivity contribution in [1.29, 1.82) is 0 Å². The Labute approximate surface area is 84.5 Å². The Bertz CT molecular complexity index is 276. The number of anilines is 1. The number of ether oxygens (including phenoxy) is 1. The molecule has 0 saturated heterocycles. The predicted molar refractivity (Wildman–Crippen MR) is 56.0 cm³/mol. The van der Waals surface area contributed by atoms with Gasteiger partial charge in [-0.25, -0.2) is 4.98 Å². The minimum absolute atomic E-state index is 0.256. The van der Waals surface area contributed by atoms with Crippen LogP contribution in [0.4, 0.5) is 5.95 Å². The Hall–Kier alpha value is -1.32. The van der Waals surface area contributed by atoms with E-state index >= 15 is 0 Å². The van der Waals surface area contributed by atoms with Gasteiger partial charge in [0.2, 0.25) is 11.8 Å². The fraction of sp³-hybridized carbons (Fsp3) is 0.600. The summed E-state index contributed by atoms with van der Waals surface area (Å²) in [6.07, 6.45) is 3.81. The lowest BCUT2D eigenvalue weighted by Gasteiger charge is -2.06. The van der Waals surface area contributed by atoms with Crippen molar-refractivity contribution in [2.24, 2.45) is 5.92 Å². The zero-order valence-corrected chi connectivity index (χ0v) is 8.73. The number of aromatic nitrogens is 2. The predicted octanol–water partition coefficient (Wildman–Crippen LogP) is 1.87. The number of rotatable bonds is 5. The monoisotopic (exact) mass is 195 g/mol. The molecule has 0 bridgehead atoms. The number of nitrogens with zero attached hydrogens (tertiary/aromatic N) is 2. The second-order valence-electron chi connectivity index (χ2n) is 3.64. The third-order valence-electron chi connectivity index (χ3n) is 1.82.